The van der Waals surface area contributed by atoms with E-state index < -0.39 is 12.3 Å². The Labute approximate surface area is 203 Å². The first-order chi connectivity index (χ1) is 16.6. The van der Waals surface area contributed by atoms with E-state index >= 15 is 0 Å². The summed E-state index contributed by atoms with van der Waals surface area (Å²) in [6, 6.07) is 18.2. The molecule has 0 radical (unpaired) electrons. The Bertz CT molecular complexity index is 1340. The fourth-order valence-electron chi connectivity index (χ4n) is 3.79. The maximum atomic E-state index is 12.5. The van der Waals surface area contributed by atoms with Gasteiger partial charge in [0.1, 0.15) is 5.75 Å². The van der Waals surface area contributed by atoms with E-state index in [0.29, 0.717) is 28.6 Å². The van der Waals surface area contributed by atoms with Crippen LogP contribution in [0.4, 0.5) is 24.8 Å². The molecule has 0 saturated heterocycles. The van der Waals surface area contributed by atoms with Gasteiger partial charge in [0.2, 0.25) is 5.95 Å². The molecule has 0 amide bonds. The highest BCUT2D eigenvalue weighted by molar-refractivity contribution is 6.30. The zero-order chi connectivity index (χ0) is 25.2. The first kappa shape index (κ1) is 24.4. The average molecular weight is 504 g/mol. The summed E-state index contributed by atoms with van der Waals surface area (Å²) in [6.07, 6.45) is -4.39. The average Bonchev–Trinajstić information content (AvgIpc) is 3.15. The smallest absolute Gasteiger partial charge is 0.481 e. The lowest BCUT2D eigenvalue weighted by Crippen LogP contribution is -2.17. The number of fused-ring (bicyclic) bond motifs is 1. The monoisotopic (exact) mass is 503 g/mol. The third kappa shape index (κ3) is 6.05. The maximum Gasteiger partial charge on any atom is 0.573 e. The second-order valence-corrected chi connectivity index (χ2v) is 8.38. The van der Waals surface area contributed by atoms with Crippen LogP contribution in [0.5, 0.6) is 5.75 Å². The van der Waals surface area contributed by atoms with Crippen LogP contribution in [0.25, 0.3) is 11.0 Å². The number of nitrogens with one attached hydrogen (secondary N) is 1. The largest absolute Gasteiger partial charge is 0.573 e. The van der Waals surface area contributed by atoms with E-state index in [1.807, 2.05) is 41.8 Å². The van der Waals surface area contributed by atoms with Gasteiger partial charge < -0.3 is 19.7 Å². The Morgan fingerprint density at radius 3 is 2.43 bits per heavy atom. The standard InChI is InChI=1S/C25H21ClF3N3O3/c1-15(17-4-6-18(26)7-5-17)32-22-12-2-16(3-13-23(33)34)14-21(22)31-24(32)30-19-8-10-20(11-9-19)35-25(27,28)29/h2,4-12,14-15H,3,13H2,1H3,(H,30,31)(H,33,34). The Morgan fingerprint density at radius 2 is 1.80 bits per heavy atom. The molecule has 0 spiro atoms. The van der Waals surface area contributed by atoms with Gasteiger partial charge in [-0.2, -0.15) is 0 Å². The number of hydrogen-bond donors (Lipinski definition) is 2. The van der Waals surface area contributed by atoms with Crippen LogP contribution < -0.4 is 10.1 Å². The van der Waals surface area contributed by atoms with Crippen LogP contribution >= 0.6 is 11.6 Å². The van der Waals surface area contributed by atoms with Gasteiger partial charge in [-0.05, 0) is 73.0 Å². The summed E-state index contributed by atoms with van der Waals surface area (Å²) < 4.78 is 43.3. The molecule has 1 heterocycles. The summed E-state index contributed by atoms with van der Waals surface area (Å²) in [5.41, 5.74) is 3.80. The van der Waals surface area contributed by atoms with Crippen molar-refractivity contribution in [1.29, 1.82) is 0 Å². The van der Waals surface area contributed by atoms with E-state index in [2.05, 4.69) is 10.1 Å². The number of halogens is 4. The number of ether oxygens (including phenoxy) is 1. The molecule has 0 fully saturated rings. The number of carboxylic acids is 1. The van der Waals surface area contributed by atoms with Crippen molar-refractivity contribution in [2.75, 3.05) is 5.32 Å². The summed E-state index contributed by atoms with van der Waals surface area (Å²) in [5, 5.41) is 12.8. The molecule has 0 aliphatic heterocycles. The van der Waals surface area contributed by atoms with Gasteiger partial charge >= 0.3 is 12.3 Å². The van der Waals surface area contributed by atoms with Crippen molar-refractivity contribution in [2.24, 2.45) is 0 Å². The molecule has 0 aliphatic carbocycles. The number of aromatic nitrogens is 2. The lowest BCUT2D eigenvalue weighted by Gasteiger charge is -2.19. The minimum atomic E-state index is -4.77. The zero-order valence-electron chi connectivity index (χ0n) is 18.5. The number of carboxylic acid groups (broad SMARTS) is 1. The molecule has 2 N–H and O–H groups in total. The van der Waals surface area contributed by atoms with E-state index in [1.165, 1.54) is 24.3 Å². The Morgan fingerprint density at radius 1 is 1.11 bits per heavy atom. The van der Waals surface area contributed by atoms with Crippen molar-refractivity contribution >= 4 is 40.2 Å². The number of imidazole rings is 1. The van der Waals surface area contributed by atoms with Gasteiger partial charge in [0.15, 0.2) is 0 Å². The first-order valence-corrected chi connectivity index (χ1v) is 11.1. The predicted octanol–water partition coefficient (Wildman–Crippen LogP) is 6.96. The molecule has 182 valence electrons. The van der Waals surface area contributed by atoms with E-state index in [4.69, 9.17) is 21.7 Å². The van der Waals surface area contributed by atoms with Crippen molar-refractivity contribution in [2.45, 2.75) is 32.2 Å². The molecule has 6 nitrogen and oxygen atoms in total. The molecule has 35 heavy (non-hydrogen) atoms. The van der Waals surface area contributed by atoms with E-state index in [9.17, 15) is 18.0 Å². The van der Waals surface area contributed by atoms with E-state index in [-0.39, 0.29) is 18.2 Å². The van der Waals surface area contributed by atoms with Crippen LogP contribution in [0.1, 0.15) is 30.5 Å². The predicted molar refractivity (Wildman–Crippen MR) is 127 cm³/mol. The third-order valence-electron chi connectivity index (χ3n) is 5.47. The summed E-state index contributed by atoms with van der Waals surface area (Å²) in [7, 11) is 0. The van der Waals surface area contributed by atoms with Gasteiger partial charge in [-0.25, -0.2) is 4.98 Å². The molecule has 0 saturated carbocycles. The number of nitrogens with zero attached hydrogens (tertiary/aromatic N) is 2. The fraction of sp³-hybridized carbons (Fsp3) is 0.200. The minimum absolute atomic E-state index is 0.00481. The van der Waals surface area contributed by atoms with Crippen molar-refractivity contribution in [3.8, 4) is 5.75 Å². The van der Waals surface area contributed by atoms with E-state index in [0.717, 1.165) is 16.6 Å². The number of alkyl halides is 3. The highest BCUT2D eigenvalue weighted by Gasteiger charge is 2.31. The SMILES string of the molecule is CC(c1ccc(Cl)cc1)n1c(Nc2ccc(OC(F)(F)F)cc2)nc2cc(CCC(=O)O)ccc21. The molecule has 0 bridgehead atoms. The molecule has 3 aromatic carbocycles. The maximum absolute atomic E-state index is 12.5. The lowest BCUT2D eigenvalue weighted by atomic mass is 10.1. The van der Waals surface area contributed by atoms with Gasteiger partial charge in [0.25, 0.3) is 0 Å². The first-order valence-electron chi connectivity index (χ1n) is 10.7. The number of aliphatic carboxylic acids is 1. The highest BCUT2D eigenvalue weighted by Crippen LogP contribution is 2.32. The molecule has 4 aromatic rings. The summed E-state index contributed by atoms with van der Waals surface area (Å²) in [4.78, 5) is 15.7. The molecule has 1 unspecified atom stereocenters. The van der Waals surface area contributed by atoms with Crippen molar-refractivity contribution in [3.05, 3.63) is 82.9 Å². The van der Waals surface area contributed by atoms with Gasteiger partial charge in [-0.3, -0.25) is 4.79 Å². The second kappa shape index (κ2) is 9.87. The number of aryl methyl sites for hydroxylation is 1. The normalized spacial score (nSPS) is 12.5. The van der Waals surface area contributed by atoms with Crippen LogP contribution in [0.3, 0.4) is 0 Å². The van der Waals surface area contributed by atoms with Crippen LogP contribution in [0.15, 0.2) is 66.7 Å². The Kier molecular flexibility index (Phi) is 6.88. The zero-order valence-corrected chi connectivity index (χ0v) is 19.3. The fourth-order valence-corrected chi connectivity index (χ4v) is 3.92. The molecule has 0 aliphatic rings. The minimum Gasteiger partial charge on any atom is -0.481 e. The lowest BCUT2D eigenvalue weighted by molar-refractivity contribution is -0.274. The molecule has 10 heteroatoms. The molecule has 1 atom stereocenters. The Hall–Kier alpha value is -3.72. The number of anilines is 2. The van der Waals surface area contributed by atoms with Gasteiger partial charge in [0, 0.05) is 17.1 Å². The third-order valence-corrected chi connectivity index (χ3v) is 5.72. The molecule has 1 aromatic heterocycles. The molecular weight excluding hydrogens is 483 g/mol. The number of hydrogen-bond acceptors (Lipinski definition) is 4. The van der Waals surface area contributed by atoms with Crippen molar-refractivity contribution < 1.29 is 27.8 Å². The number of carbonyl (C=O) groups is 1. The van der Waals surface area contributed by atoms with Gasteiger partial charge in [0.05, 0.1) is 17.1 Å². The molecular formula is C25H21ClF3N3O3. The topological polar surface area (TPSA) is 76.4 Å². The second-order valence-electron chi connectivity index (χ2n) is 7.95. The van der Waals surface area contributed by atoms with Crippen LogP contribution in [0.2, 0.25) is 5.02 Å². The van der Waals surface area contributed by atoms with Gasteiger partial charge in [-0.15, -0.1) is 13.2 Å². The highest BCUT2D eigenvalue weighted by atomic mass is 35.5. The van der Waals surface area contributed by atoms with Crippen LogP contribution in [0, 0.1) is 0 Å². The van der Waals surface area contributed by atoms with Crippen molar-refractivity contribution in [3.63, 3.8) is 0 Å². The van der Waals surface area contributed by atoms with E-state index in [1.54, 1.807) is 12.1 Å². The number of benzene rings is 3. The summed E-state index contributed by atoms with van der Waals surface area (Å²) in [6.45, 7) is 1.99. The quantitative estimate of drug-likeness (QED) is 0.272. The van der Waals surface area contributed by atoms with Crippen molar-refractivity contribution in [1.82, 2.24) is 9.55 Å². The molecule has 4 rings (SSSR count). The van der Waals surface area contributed by atoms with Crippen LogP contribution in [-0.2, 0) is 11.2 Å². The summed E-state index contributed by atoms with van der Waals surface area (Å²) >= 11 is 6.04. The Balaban J connectivity index is 1.71. The van der Waals surface area contributed by atoms with Crippen LogP contribution in [-0.4, -0.2) is 27.0 Å². The van der Waals surface area contributed by atoms with Gasteiger partial charge in [-0.1, -0.05) is 29.8 Å². The number of rotatable bonds is 8. The summed E-state index contributed by atoms with van der Waals surface area (Å²) in [5.74, 6) is -0.733.